The Morgan fingerprint density at radius 3 is 2.80 bits per heavy atom. The second-order valence-electron chi connectivity index (χ2n) is 7.36. The predicted octanol–water partition coefficient (Wildman–Crippen LogP) is 1.40. The molecule has 3 heterocycles. The topological polar surface area (TPSA) is 85.3 Å². The van der Waals surface area contributed by atoms with Crippen molar-refractivity contribution in [2.24, 2.45) is 11.8 Å². The Morgan fingerprint density at radius 1 is 1.40 bits per heavy atom. The number of nitrogens with one attached hydrogen (secondary N) is 1. The zero-order valence-electron chi connectivity index (χ0n) is 14.7. The Labute approximate surface area is 147 Å². The number of likely N-dealkylation sites (tertiary alicyclic amines) is 1. The van der Waals surface area contributed by atoms with Crippen LogP contribution in [0.3, 0.4) is 0 Å². The number of anilines is 1. The predicted molar refractivity (Wildman–Crippen MR) is 95.2 cm³/mol. The fraction of sp³-hybridized carbons (Fsp3) is 0.611. The van der Waals surface area contributed by atoms with Crippen LogP contribution in [0.5, 0.6) is 0 Å². The van der Waals surface area contributed by atoms with Crippen molar-refractivity contribution >= 4 is 22.8 Å². The molecule has 2 unspecified atom stereocenters. The molecule has 2 N–H and O–H groups in total. The molecule has 1 amide bonds. The second-order valence-corrected chi connectivity index (χ2v) is 7.36. The number of nitrogens with zero attached hydrogens (tertiary/aromatic N) is 4. The molecule has 2 aromatic heterocycles. The lowest BCUT2D eigenvalue weighted by Gasteiger charge is -2.28. The van der Waals surface area contributed by atoms with Gasteiger partial charge in [0.1, 0.15) is 23.9 Å². The van der Waals surface area contributed by atoms with Crippen LogP contribution in [0.4, 0.5) is 5.82 Å². The van der Waals surface area contributed by atoms with E-state index in [-0.39, 0.29) is 5.91 Å². The Balaban J connectivity index is 1.45. The van der Waals surface area contributed by atoms with Gasteiger partial charge in [0.05, 0.1) is 5.39 Å². The summed E-state index contributed by atoms with van der Waals surface area (Å²) in [6.45, 7) is 3.39. The molecule has 1 saturated carbocycles. The van der Waals surface area contributed by atoms with Gasteiger partial charge in [-0.05, 0) is 37.2 Å². The SMILES string of the molecule is CCC(O)C(=O)N1CC2C[C@@H](N(C)c3ncnc4[nH]ccc34)C[C@@H]2C1. The quantitative estimate of drug-likeness (QED) is 0.876. The first-order valence-electron chi connectivity index (χ1n) is 9.06. The summed E-state index contributed by atoms with van der Waals surface area (Å²) in [5.74, 6) is 1.89. The van der Waals surface area contributed by atoms with Crippen molar-refractivity contribution < 1.29 is 9.90 Å². The number of hydrogen-bond donors (Lipinski definition) is 2. The van der Waals surface area contributed by atoms with Gasteiger partial charge in [-0.3, -0.25) is 4.79 Å². The van der Waals surface area contributed by atoms with Gasteiger partial charge in [-0.25, -0.2) is 9.97 Å². The number of aromatic nitrogens is 3. The molecule has 1 aliphatic heterocycles. The lowest BCUT2D eigenvalue weighted by Crippen LogP contribution is -2.39. The van der Waals surface area contributed by atoms with Crippen LogP contribution in [0.1, 0.15) is 26.2 Å². The van der Waals surface area contributed by atoms with Crippen LogP contribution in [0, 0.1) is 11.8 Å². The number of hydrogen-bond acceptors (Lipinski definition) is 5. The number of carbonyl (C=O) groups is 1. The first-order chi connectivity index (χ1) is 12.1. The van der Waals surface area contributed by atoms with E-state index < -0.39 is 6.10 Å². The molecule has 7 nitrogen and oxygen atoms in total. The van der Waals surface area contributed by atoms with E-state index in [1.54, 1.807) is 6.33 Å². The van der Waals surface area contributed by atoms with Gasteiger partial charge in [-0.2, -0.15) is 0 Å². The van der Waals surface area contributed by atoms with E-state index in [4.69, 9.17) is 0 Å². The van der Waals surface area contributed by atoms with Crippen LogP contribution in [0.2, 0.25) is 0 Å². The molecular weight excluding hydrogens is 318 g/mol. The highest BCUT2D eigenvalue weighted by Crippen LogP contribution is 2.41. The van der Waals surface area contributed by atoms with E-state index in [1.165, 1.54) is 0 Å². The summed E-state index contributed by atoms with van der Waals surface area (Å²) in [6.07, 6.45) is 5.25. The highest BCUT2D eigenvalue weighted by molar-refractivity contribution is 5.87. The van der Waals surface area contributed by atoms with Crippen molar-refractivity contribution in [1.29, 1.82) is 0 Å². The van der Waals surface area contributed by atoms with Gasteiger partial charge in [0.15, 0.2) is 0 Å². The van der Waals surface area contributed by atoms with Crippen LogP contribution in [0.25, 0.3) is 11.0 Å². The number of aliphatic hydroxyl groups is 1. The Morgan fingerprint density at radius 2 is 2.12 bits per heavy atom. The number of fused-ring (bicyclic) bond motifs is 2. The van der Waals surface area contributed by atoms with E-state index in [2.05, 4.69) is 26.9 Å². The van der Waals surface area contributed by atoms with Gasteiger partial charge in [0.2, 0.25) is 0 Å². The first-order valence-corrected chi connectivity index (χ1v) is 9.06. The number of carbonyl (C=O) groups excluding carboxylic acids is 1. The molecule has 1 aliphatic carbocycles. The zero-order valence-corrected chi connectivity index (χ0v) is 14.7. The number of amides is 1. The maximum absolute atomic E-state index is 12.2. The Hall–Kier alpha value is -2.15. The van der Waals surface area contributed by atoms with Crippen molar-refractivity contribution in [3.05, 3.63) is 18.6 Å². The van der Waals surface area contributed by atoms with Crippen molar-refractivity contribution in [3.8, 4) is 0 Å². The van der Waals surface area contributed by atoms with Crippen LogP contribution < -0.4 is 4.90 Å². The minimum atomic E-state index is -0.847. The molecule has 2 fully saturated rings. The second kappa shape index (κ2) is 6.29. The van der Waals surface area contributed by atoms with Crippen LogP contribution in [-0.4, -0.2) is 63.1 Å². The molecule has 0 radical (unpaired) electrons. The summed E-state index contributed by atoms with van der Waals surface area (Å²) in [5, 5.41) is 10.8. The Kier molecular flexibility index (Phi) is 4.11. The minimum absolute atomic E-state index is 0.105. The first kappa shape index (κ1) is 16.3. The monoisotopic (exact) mass is 343 g/mol. The molecule has 0 bridgehead atoms. The number of rotatable bonds is 4. The molecular formula is C18H25N5O2. The standard InChI is InChI=1S/C18H25N5O2/c1-3-15(24)18(25)23-8-11-6-13(7-12(11)9-23)22(2)17-14-4-5-19-16(14)20-10-21-17/h4-5,10-13,15,24H,3,6-9H2,1-2H3,(H,19,20,21)/t11-,12?,13+,15?/m1/s1. The summed E-state index contributed by atoms with van der Waals surface area (Å²) in [7, 11) is 2.10. The molecule has 0 spiro atoms. The molecule has 4 rings (SSSR count). The summed E-state index contributed by atoms with van der Waals surface area (Å²) in [4.78, 5) is 28.2. The van der Waals surface area contributed by atoms with Gasteiger partial charge in [-0.1, -0.05) is 6.92 Å². The van der Waals surface area contributed by atoms with E-state index in [0.717, 1.165) is 42.8 Å². The van der Waals surface area contributed by atoms with Gasteiger partial charge in [-0.15, -0.1) is 0 Å². The van der Waals surface area contributed by atoms with E-state index in [1.807, 2.05) is 24.1 Å². The van der Waals surface area contributed by atoms with E-state index in [9.17, 15) is 9.90 Å². The molecule has 2 aromatic rings. The Bertz CT molecular complexity index is 762. The van der Waals surface area contributed by atoms with Gasteiger partial charge >= 0.3 is 0 Å². The third kappa shape index (κ3) is 2.76. The maximum Gasteiger partial charge on any atom is 0.251 e. The highest BCUT2D eigenvalue weighted by Gasteiger charge is 2.44. The maximum atomic E-state index is 12.2. The van der Waals surface area contributed by atoms with Crippen molar-refractivity contribution in [1.82, 2.24) is 19.9 Å². The molecule has 1 saturated heterocycles. The summed E-state index contributed by atoms with van der Waals surface area (Å²) in [5.41, 5.74) is 0.861. The van der Waals surface area contributed by atoms with Crippen molar-refractivity contribution in [2.75, 3.05) is 25.0 Å². The summed E-state index contributed by atoms with van der Waals surface area (Å²) >= 11 is 0. The molecule has 2 aliphatic rings. The average molecular weight is 343 g/mol. The largest absolute Gasteiger partial charge is 0.383 e. The van der Waals surface area contributed by atoms with Crippen molar-refractivity contribution in [2.45, 2.75) is 38.3 Å². The molecule has 134 valence electrons. The highest BCUT2D eigenvalue weighted by atomic mass is 16.3. The fourth-order valence-corrected chi connectivity index (χ4v) is 4.46. The summed E-state index contributed by atoms with van der Waals surface area (Å²) < 4.78 is 0. The molecule has 4 atom stereocenters. The van der Waals surface area contributed by atoms with Crippen LogP contribution in [0.15, 0.2) is 18.6 Å². The van der Waals surface area contributed by atoms with Crippen LogP contribution >= 0.6 is 0 Å². The lowest BCUT2D eigenvalue weighted by molar-refractivity contribution is -0.139. The number of aliphatic hydroxyl groups excluding tert-OH is 1. The lowest BCUT2D eigenvalue weighted by atomic mass is 10.0. The van der Waals surface area contributed by atoms with Gasteiger partial charge in [0, 0.05) is 32.4 Å². The normalized spacial score (nSPS) is 26.8. The van der Waals surface area contributed by atoms with Gasteiger partial charge < -0.3 is 19.9 Å². The molecule has 25 heavy (non-hydrogen) atoms. The fourth-order valence-electron chi connectivity index (χ4n) is 4.46. The minimum Gasteiger partial charge on any atom is -0.383 e. The van der Waals surface area contributed by atoms with Gasteiger partial charge in [0.25, 0.3) is 5.91 Å². The van der Waals surface area contributed by atoms with Crippen molar-refractivity contribution in [3.63, 3.8) is 0 Å². The van der Waals surface area contributed by atoms with E-state index in [0.29, 0.717) is 24.3 Å². The zero-order chi connectivity index (χ0) is 17.6. The third-order valence-electron chi connectivity index (χ3n) is 5.92. The summed E-state index contributed by atoms with van der Waals surface area (Å²) in [6, 6.07) is 2.44. The smallest absolute Gasteiger partial charge is 0.251 e. The van der Waals surface area contributed by atoms with Crippen LogP contribution in [-0.2, 0) is 4.79 Å². The average Bonchev–Trinajstić information content (AvgIpc) is 3.32. The molecule has 7 heteroatoms. The number of H-pyrrole nitrogens is 1. The molecule has 0 aromatic carbocycles. The third-order valence-corrected chi connectivity index (χ3v) is 5.92. The van der Waals surface area contributed by atoms with E-state index >= 15 is 0 Å². The number of aromatic amines is 1.